The maximum atomic E-state index is 11.7. The van der Waals surface area contributed by atoms with E-state index in [1.165, 1.54) is 0 Å². The Morgan fingerprint density at radius 3 is 2.84 bits per heavy atom. The van der Waals surface area contributed by atoms with Gasteiger partial charge < -0.3 is 10.5 Å². The highest BCUT2D eigenvalue weighted by atomic mass is 16.5. The van der Waals surface area contributed by atoms with Crippen LogP contribution in [0.5, 0.6) is 0 Å². The molecular formula is C14H17N3O2. The SMILES string of the molecule is Cc1cc(COC(=O)Cc2cccc(N)c2)n(C)n1. The van der Waals surface area contributed by atoms with Crippen molar-refractivity contribution >= 4 is 11.7 Å². The number of aryl methyl sites for hydroxylation is 2. The largest absolute Gasteiger partial charge is 0.459 e. The third-order valence-corrected chi connectivity index (χ3v) is 2.78. The smallest absolute Gasteiger partial charge is 0.310 e. The molecule has 0 spiro atoms. The van der Waals surface area contributed by atoms with Gasteiger partial charge in [0.1, 0.15) is 6.61 Å². The Kier molecular flexibility index (Phi) is 3.85. The summed E-state index contributed by atoms with van der Waals surface area (Å²) >= 11 is 0. The van der Waals surface area contributed by atoms with Crippen molar-refractivity contribution in [3.63, 3.8) is 0 Å². The first kappa shape index (κ1) is 13.1. The van der Waals surface area contributed by atoms with Gasteiger partial charge >= 0.3 is 5.97 Å². The molecule has 2 aromatic rings. The van der Waals surface area contributed by atoms with Crippen LogP contribution < -0.4 is 5.73 Å². The highest BCUT2D eigenvalue weighted by Crippen LogP contribution is 2.09. The Hall–Kier alpha value is -2.30. The zero-order chi connectivity index (χ0) is 13.8. The van der Waals surface area contributed by atoms with E-state index in [0.29, 0.717) is 5.69 Å². The fourth-order valence-electron chi connectivity index (χ4n) is 1.87. The van der Waals surface area contributed by atoms with E-state index in [4.69, 9.17) is 10.5 Å². The predicted molar refractivity (Wildman–Crippen MR) is 72.3 cm³/mol. The number of hydrogen-bond donors (Lipinski definition) is 1. The van der Waals surface area contributed by atoms with Crippen molar-refractivity contribution in [2.24, 2.45) is 7.05 Å². The average Bonchev–Trinajstić information content (AvgIpc) is 2.65. The molecule has 0 aliphatic rings. The van der Waals surface area contributed by atoms with Crippen molar-refractivity contribution in [1.29, 1.82) is 0 Å². The monoisotopic (exact) mass is 259 g/mol. The van der Waals surface area contributed by atoms with Crippen LogP contribution in [0.4, 0.5) is 5.69 Å². The number of ether oxygens (including phenoxy) is 1. The van der Waals surface area contributed by atoms with Gasteiger partial charge in [-0.3, -0.25) is 9.48 Å². The van der Waals surface area contributed by atoms with Crippen LogP contribution in [0.15, 0.2) is 30.3 Å². The maximum Gasteiger partial charge on any atom is 0.310 e. The lowest BCUT2D eigenvalue weighted by Gasteiger charge is -2.05. The molecule has 0 saturated heterocycles. The van der Waals surface area contributed by atoms with Crippen molar-refractivity contribution in [3.05, 3.63) is 47.3 Å². The van der Waals surface area contributed by atoms with Crippen LogP contribution in [0.1, 0.15) is 17.0 Å². The molecule has 0 radical (unpaired) electrons. The van der Waals surface area contributed by atoms with E-state index >= 15 is 0 Å². The Labute approximate surface area is 112 Å². The van der Waals surface area contributed by atoms with E-state index in [9.17, 15) is 4.79 Å². The van der Waals surface area contributed by atoms with E-state index in [2.05, 4.69) is 5.10 Å². The van der Waals surface area contributed by atoms with Gasteiger partial charge in [0.2, 0.25) is 0 Å². The molecule has 0 aliphatic carbocycles. The summed E-state index contributed by atoms with van der Waals surface area (Å²) in [7, 11) is 1.83. The fourth-order valence-corrected chi connectivity index (χ4v) is 1.87. The molecule has 1 aromatic heterocycles. The molecule has 5 heteroatoms. The van der Waals surface area contributed by atoms with E-state index in [0.717, 1.165) is 17.0 Å². The molecule has 100 valence electrons. The summed E-state index contributed by atoms with van der Waals surface area (Å²) in [4.78, 5) is 11.7. The van der Waals surface area contributed by atoms with Crippen LogP contribution in [-0.2, 0) is 29.6 Å². The minimum atomic E-state index is -0.274. The molecule has 1 heterocycles. The number of esters is 1. The lowest BCUT2D eigenvalue weighted by molar-refractivity contribution is -0.144. The molecule has 0 fully saturated rings. The number of nitrogens with zero attached hydrogens (tertiary/aromatic N) is 2. The summed E-state index contributed by atoms with van der Waals surface area (Å²) in [5.74, 6) is -0.274. The lowest BCUT2D eigenvalue weighted by atomic mass is 10.1. The number of aromatic nitrogens is 2. The van der Waals surface area contributed by atoms with Gasteiger partial charge in [0.05, 0.1) is 17.8 Å². The number of nitrogen functional groups attached to an aromatic ring is 1. The van der Waals surface area contributed by atoms with Crippen LogP contribution in [0, 0.1) is 6.92 Å². The third-order valence-electron chi connectivity index (χ3n) is 2.78. The summed E-state index contributed by atoms with van der Waals surface area (Å²) < 4.78 is 6.94. The quantitative estimate of drug-likeness (QED) is 0.668. The van der Waals surface area contributed by atoms with Crippen LogP contribution in [0.3, 0.4) is 0 Å². The van der Waals surface area contributed by atoms with Crippen molar-refractivity contribution in [1.82, 2.24) is 9.78 Å². The molecule has 0 amide bonds. The van der Waals surface area contributed by atoms with Gasteiger partial charge in [-0.25, -0.2) is 0 Å². The number of hydrogen-bond acceptors (Lipinski definition) is 4. The standard InChI is InChI=1S/C14H17N3O2/c1-10-6-13(17(2)16-10)9-19-14(18)8-11-4-3-5-12(15)7-11/h3-7H,8-9,15H2,1-2H3. The lowest BCUT2D eigenvalue weighted by Crippen LogP contribution is -2.10. The number of anilines is 1. The summed E-state index contributed by atoms with van der Waals surface area (Å²) in [6, 6.07) is 9.13. The van der Waals surface area contributed by atoms with E-state index in [-0.39, 0.29) is 19.0 Å². The van der Waals surface area contributed by atoms with Gasteiger partial charge in [-0.2, -0.15) is 5.10 Å². The van der Waals surface area contributed by atoms with Crippen LogP contribution >= 0.6 is 0 Å². The molecule has 2 rings (SSSR count). The van der Waals surface area contributed by atoms with Gasteiger partial charge in [-0.15, -0.1) is 0 Å². The van der Waals surface area contributed by atoms with Gasteiger partial charge in [0, 0.05) is 12.7 Å². The first-order valence-electron chi connectivity index (χ1n) is 6.04. The molecule has 19 heavy (non-hydrogen) atoms. The van der Waals surface area contributed by atoms with Crippen molar-refractivity contribution in [3.8, 4) is 0 Å². The number of benzene rings is 1. The Morgan fingerprint density at radius 1 is 1.42 bits per heavy atom. The highest BCUT2D eigenvalue weighted by molar-refractivity contribution is 5.73. The highest BCUT2D eigenvalue weighted by Gasteiger charge is 2.08. The van der Waals surface area contributed by atoms with Crippen molar-refractivity contribution in [2.75, 3.05) is 5.73 Å². The second kappa shape index (κ2) is 5.56. The van der Waals surface area contributed by atoms with Crippen molar-refractivity contribution < 1.29 is 9.53 Å². The Bertz CT molecular complexity index is 590. The predicted octanol–water partition coefficient (Wildman–Crippen LogP) is 1.60. The normalized spacial score (nSPS) is 10.4. The summed E-state index contributed by atoms with van der Waals surface area (Å²) in [6.07, 6.45) is 0.224. The first-order chi connectivity index (χ1) is 9.04. The molecule has 0 saturated carbocycles. The number of carbonyl (C=O) groups excluding carboxylic acids is 1. The van der Waals surface area contributed by atoms with E-state index in [1.54, 1.807) is 16.8 Å². The summed E-state index contributed by atoms with van der Waals surface area (Å²) in [5, 5.41) is 4.19. The number of rotatable bonds is 4. The molecular weight excluding hydrogens is 242 g/mol. The topological polar surface area (TPSA) is 70.1 Å². The van der Waals surface area contributed by atoms with Gasteiger partial charge in [-0.1, -0.05) is 12.1 Å². The van der Waals surface area contributed by atoms with Gasteiger partial charge in [0.15, 0.2) is 0 Å². The summed E-state index contributed by atoms with van der Waals surface area (Å²) in [6.45, 7) is 2.14. The summed E-state index contributed by atoms with van der Waals surface area (Å²) in [5.41, 5.74) is 8.94. The second-order valence-electron chi connectivity index (χ2n) is 4.48. The first-order valence-corrected chi connectivity index (χ1v) is 6.04. The Balaban J connectivity index is 1.90. The van der Waals surface area contributed by atoms with E-state index < -0.39 is 0 Å². The molecule has 2 N–H and O–H groups in total. The molecule has 1 aromatic carbocycles. The van der Waals surface area contributed by atoms with Crippen molar-refractivity contribution in [2.45, 2.75) is 20.0 Å². The zero-order valence-corrected chi connectivity index (χ0v) is 11.1. The van der Waals surface area contributed by atoms with Crippen LogP contribution in [0.25, 0.3) is 0 Å². The molecule has 0 atom stereocenters. The van der Waals surface area contributed by atoms with Gasteiger partial charge in [-0.05, 0) is 30.7 Å². The van der Waals surface area contributed by atoms with E-state index in [1.807, 2.05) is 32.2 Å². The molecule has 0 aliphatic heterocycles. The fraction of sp³-hybridized carbons (Fsp3) is 0.286. The Morgan fingerprint density at radius 2 is 2.21 bits per heavy atom. The maximum absolute atomic E-state index is 11.7. The number of nitrogens with two attached hydrogens (primary N) is 1. The molecule has 5 nitrogen and oxygen atoms in total. The molecule has 0 unspecified atom stereocenters. The van der Waals surface area contributed by atoms with Crippen LogP contribution in [-0.4, -0.2) is 15.7 Å². The minimum Gasteiger partial charge on any atom is -0.459 e. The number of carbonyl (C=O) groups is 1. The molecule has 0 bridgehead atoms. The average molecular weight is 259 g/mol. The van der Waals surface area contributed by atoms with Crippen LogP contribution in [0.2, 0.25) is 0 Å². The zero-order valence-electron chi connectivity index (χ0n) is 11.1. The second-order valence-corrected chi connectivity index (χ2v) is 4.48. The minimum absolute atomic E-state index is 0.224. The van der Waals surface area contributed by atoms with Gasteiger partial charge in [0.25, 0.3) is 0 Å². The third kappa shape index (κ3) is 3.58.